The van der Waals surface area contributed by atoms with Gasteiger partial charge in [0.25, 0.3) is 0 Å². The fraction of sp³-hybridized carbons (Fsp3) is 0.417. The van der Waals surface area contributed by atoms with Gasteiger partial charge >= 0.3 is 5.97 Å². The molecule has 1 atom stereocenters. The zero-order valence-corrected chi connectivity index (χ0v) is 8.94. The van der Waals surface area contributed by atoms with Crippen molar-refractivity contribution in [2.45, 2.75) is 25.3 Å². The van der Waals surface area contributed by atoms with Gasteiger partial charge in [-0.25, -0.2) is 4.79 Å². The normalized spacial score (nSPS) is 19.9. The van der Waals surface area contributed by atoms with Gasteiger partial charge in [0.1, 0.15) is 11.3 Å². The summed E-state index contributed by atoms with van der Waals surface area (Å²) in [5.74, 6) is -1.18. The van der Waals surface area contributed by atoms with Crippen LogP contribution < -0.4 is 5.32 Å². The summed E-state index contributed by atoms with van der Waals surface area (Å²) >= 11 is 0. The van der Waals surface area contributed by atoms with Crippen LogP contribution in [0.25, 0.3) is 0 Å². The van der Waals surface area contributed by atoms with Crippen LogP contribution in [-0.2, 0) is 6.42 Å². The highest BCUT2D eigenvalue weighted by Crippen LogP contribution is 2.25. The van der Waals surface area contributed by atoms with Crippen molar-refractivity contribution < 1.29 is 15.0 Å². The third kappa shape index (κ3) is 2.17. The van der Waals surface area contributed by atoms with Gasteiger partial charge in [-0.1, -0.05) is 12.1 Å². The molecular weight excluding hydrogens is 206 g/mol. The van der Waals surface area contributed by atoms with Gasteiger partial charge in [-0.2, -0.15) is 0 Å². The molecule has 0 amide bonds. The molecule has 1 aromatic carbocycles. The van der Waals surface area contributed by atoms with E-state index in [1.807, 2.05) is 0 Å². The van der Waals surface area contributed by atoms with E-state index in [4.69, 9.17) is 5.11 Å². The summed E-state index contributed by atoms with van der Waals surface area (Å²) in [5, 5.41) is 22.0. The first-order chi connectivity index (χ1) is 7.68. The Hall–Kier alpha value is -1.55. The molecule has 2 rings (SSSR count). The zero-order valence-electron chi connectivity index (χ0n) is 8.94. The number of hydrogen-bond donors (Lipinski definition) is 3. The highest BCUT2D eigenvalue weighted by molar-refractivity contribution is 5.91. The quantitative estimate of drug-likeness (QED) is 0.721. The number of phenols is 1. The van der Waals surface area contributed by atoms with E-state index in [1.165, 1.54) is 6.07 Å². The number of benzene rings is 1. The molecule has 0 spiro atoms. The van der Waals surface area contributed by atoms with Crippen molar-refractivity contribution in [2.24, 2.45) is 0 Å². The van der Waals surface area contributed by atoms with Gasteiger partial charge in [0.05, 0.1) is 0 Å². The number of carbonyl (C=O) groups is 1. The number of carboxylic acid groups (broad SMARTS) is 1. The Balaban J connectivity index is 2.20. The number of aromatic carboxylic acids is 1. The van der Waals surface area contributed by atoms with E-state index in [2.05, 4.69) is 5.32 Å². The van der Waals surface area contributed by atoms with Crippen LogP contribution in [-0.4, -0.2) is 28.8 Å². The lowest BCUT2D eigenvalue weighted by molar-refractivity contribution is 0.0693. The van der Waals surface area contributed by atoms with Gasteiger partial charge in [0, 0.05) is 6.04 Å². The van der Waals surface area contributed by atoms with Crippen LogP contribution in [0.15, 0.2) is 18.2 Å². The molecular formula is C12H15NO3. The maximum absolute atomic E-state index is 10.8. The Kier molecular flexibility index (Phi) is 3.10. The smallest absolute Gasteiger partial charge is 0.339 e. The van der Waals surface area contributed by atoms with Crippen molar-refractivity contribution in [2.75, 3.05) is 6.54 Å². The van der Waals surface area contributed by atoms with Crippen LogP contribution in [0, 0.1) is 0 Å². The SMILES string of the molecule is O=C(O)c1cccc(CC2CCCN2)c1O. The molecule has 1 aliphatic heterocycles. The van der Waals surface area contributed by atoms with E-state index >= 15 is 0 Å². The number of para-hydroxylation sites is 1. The average molecular weight is 221 g/mol. The van der Waals surface area contributed by atoms with Crippen molar-refractivity contribution in [1.82, 2.24) is 5.32 Å². The Labute approximate surface area is 93.9 Å². The fourth-order valence-electron chi connectivity index (χ4n) is 2.13. The van der Waals surface area contributed by atoms with Crippen LogP contribution in [0.3, 0.4) is 0 Å². The van der Waals surface area contributed by atoms with Crippen molar-refractivity contribution in [3.05, 3.63) is 29.3 Å². The summed E-state index contributed by atoms with van der Waals surface area (Å²) in [5.41, 5.74) is 0.690. The van der Waals surface area contributed by atoms with E-state index in [-0.39, 0.29) is 11.3 Å². The predicted octanol–water partition coefficient (Wildman–Crippen LogP) is 1.38. The summed E-state index contributed by atoms with van der Waals surface area (Å²) in [6, 6.07) is 5.23. The second kappa shape index (κ2) is 4.53. The predicted molar refractivity (Wildman–Crippen MR) is 59.8 cm³/mol. The fourth-order valence-corrected chi connectivity index (χ4v) is 2.13. The molecule has 1 saturated heterocycles. The number of rotatable bonds is 3. The summed E-state index contributed by atoms with van der Waals surface area (Å²) in [7, 11) is 0. The lowest BCUT2D eigenvalue weighted by Gasteiger charge is -2.12. The third-order valence-corrected chi connectivity index (χ3v) is 2.98. The largest absolute Gasteiger partial charge is 0.507 e. The lowest BCUT2D eigenvalue weighted by atomic mass is 10.0. The highest BCUT2D eigenvalue weighted by atomic mass is 16.4. The third-order valence-electron chi connectivity index (χ3n) is 2.98. The minimum atomic E-state index is -1.08. The van der Waals surface area contributed by atoms with Crippen LogP contribution in [0.2, 0.25) is 0 Å². The molecule has 0 aromatic heterocycles. The number of hydrogen-bond acceptors (Lipinski definition) is 3. The molecule has 1 heterocycles. The van der Waals surface area contributed by atoms with E-state index in [9.17, 15) is 9.90 Å². The van der Waals surface area contributed by atoms with Crippen LogP contribution in [0.4, 0.5) is 0 Å². The number of nitrogens with one attached hydrogen (secondary N) is 1. The van der Waals surface area contributed by atoms with Gasteiger partial charge in [-0.3, -0.25) is 0 Å². The summed E-state index contributed by atoms with van der Waals surface area (Å²) < 4.78 is 0. The standard InChI is InChI=1S/C12H15NO3/c14-11-8(7-9-4-2-6-13-9)3-1-5-10(11)12(15)16/h1,3,5,9,13-14H,2,4,6-7H2,(H,15,16). The topological polar surface area (TPSA) is 69.6 Å². The Morgan fingerprint density at radius 2 is 2.31 bits per heavy atom. The molecule has 1 aromatic rings. The second-order valence-electron chi connectivity index (χ2n) is 4.12. The maximum Gasteiger partial charge on any atom is 0.339 e. The molecule has 0 bridgehead atoms. The van der Waals surface area contributed by atoms with Crippen LogP contribution in [0.5, 0.6) is 5.75 Å². The van der Waals surface area contributed by atoms with Crippen LogP contribution >= 0.6 is 0 Å². The summed E-state index contributed by atoms with van der Waals surface area (Å²) in [6.07, 6.45) is 2.91. The molecule has 1 fully saturated rings. The summed E-state index contributed by atoms with van der Waals surface area (Å²) in [6.45, 7) is 1.00. The Morgan fingerprint density at radius 1 is 1.50 bits per heavy atom. The van der Waals surface area contributed by atoms with E-state index in [1.54, 1.807) is 12.1 Å². The second-order valence-corrected chi connectivity index (χ2v) is 4.12. The number of carboxylic acids is 1. The van der Waals surface area contributed by atoms with Gasteiger partial charge < -0.3 is 15.5 Å². The molecule has 3 N–H and O–H groups in total. The van der Waals surface area contributed by atoms with Crippen molar-refractivity contribution in [1.29, 1.82) is 0 Å². The van der Waals surface area contributed by atoms with Crippen molar-refractivity contribution >= 4 is 5.97 Å². The van der Waals surface area contributed by atoms with Crippen molar-refractivity contribution in [3.8, 4) is 5.75 Å². The molecule has 4 heteroatoms. The molecule has 0 aliphatic carbocycles. The molecule has 16 heavy (non-hydrogen) atoms. The maximum atomic E-state index is 10.8. The number of aromatic hydroxyl groups is 1. The monoisotopic (exact) mass is 221 g/mol. The molecule has 0 radical (unpaired) electrons. The van der Waals surface area contributed by atoms with Gasteiger partial charge in [-0.15, -0.1) is 0 Å². The lowest BCUT2D eigenvalue weighted by Crippen LogP contribution is -2.23. The first kappa shape index (κ1) is 11.0. The van der Waals surface area contributed by atoms with E-state index < -0.39 is 5.97 Å². The van der Waals surface area contributed by atoms with Gasteiger partial charge in [-0.05, 0) is 37.4 Å². The molecule has 86 valence electrons. The molecule has 4 nitrogen and oxygen atoms in total. The highest BCUT2D eigenvalue weighted by Gasteiger charge is 2.18. The van der Waals surface area contributed by atoms with Crippen LogP contribution in [0.1, 0.15) is 28.8 Å². The molecule has 1 unspecified atom stereocenters. The Morgan fingerprint density at radius 3 is 2.94 bits per heavy atom. The van der Waals surface area contributed by atoms with Crippen molar-refractivity contribution in [3.63, 3.8) is 0 Å². The van der Waals surface area contributed by atoms with Gasteiger partial charge in [0.2, 0.25) is 0 Å². The first-order valence-corrected chi connectivity index (χ1v) is 5.46. The first-order valence-electron chi connectivity index (χ1n) is 5.46. The molecule has 1 aliphatic rings. The van der Waals surface area contributed by atoms with E-state index in [0.717, 1.165) is 19.4 Å². The van der Waals surface area contributed by atoms with Gasteiger partial charge in [0.15, 0.2) is 0 Å². The average Bonchev–Trinajstić information content (AvgIpc) is 2.73. The molecule has 0 saturated carbocycles. The minimum Gasteiger partial charge on any atom is -0.507 e. The summed E-state index contributed by atoms with van der Waals surface area (Å²) in [4.78, 5) is 10.8. The van der Waals surface area contributed by atoms with E-state index in [0.29, 0.717) is 18.0 Å². The Bertz CT molecular complexity index is 397. The zero-order chi connectivity index (χ0) is 11.5. The minimum absolute atomic E-state index is 0.0181.